The Labute approximate surface area is 479 Å². The predicted molar refractivity (Wildman–Crippen MR) is 321 cm³/mol. The number of nitro benzene ring substituents is 1. The molecule has 0 saturated heterocycles. The number of aromatic nitrogens is 4. The Morgan fingerprint density at radius 2 is 0.735 bits per heavy atom. The Morgan fingerprint density at radius 3 is 1.07 bits per heavy atom. The van der Waals surface area contributed by atoms with Crippen LogP contribution in [0.1, 0.15) is 116 Å². The molecule has 0 saturated carbocycles. The molecule has 4 amide bonds. The average Bonchev–Trinajstić information content (AvgIpc) is 3.67. The van der Waals surface area contributed by atoms with E-state index in [4.69, 9.17) is 33.9 Å². The summed E-state index contributed by atoms with van der Waals surface area (Å²) in [5, 5.41) is 25.9. The molecular weight excluding hydrogens is 1050 g/mol. The van der Waals surface area contributed by atoms with E-state index in [1.165, 1.54) is 24.3 Å². The summed E-state index contributed by atoms with van der Waals surface area (Å²) < 4.78 is 25.0. The van der Waals surface area contributed by atoms with E-state index < -0.39 is 28.6 Å². The molecule has 4 aromatic heterocycles. The molecule has 0 aliphatic rings. The predicted octanol–water partition coefficient (Wildman–Crippen LogP) is 13.2. The number of carbonyl (C=O) groups excluding carboxylic acids is 4. The molecule has 0 spiro atoms. The Kier molecular flexibility index (Phi) is 17.7. The van der Waals surface area contributed by atoms with Gasteiger partial charge in [-0.15, -0.1) is 0 Å². The van der Waals surface area contributed by atoms with E-state index >= 15 is 0 Å². The highest BCUT2D eigenvalue weighted by Crippen LogP contribution is 2.37. The SMILES string of the molecule is CC(C)COc1cc(C(=O)Nc2cccc3c(OCC(C)C)cc(C(=O)N[C@H](C)c4ccccc4)nc23)nc2c(NC(=O)c3cc(OCC(C)C)c4cccc(NC(=O)c5cc(OCC(C)C)c6cccc([N+](=O)[O-])c6n5)c4n3)cccc12. The first-order chi connectivity index (χ1) is 39.8. The van der Waals surface area contributed by atoms with Gasteiger partial charge in [-0.25, -0.2) is 19.9 Å². The molecule has 0 radical (unpaired) electrons. The number of nitrogens with one attached hydrogen (secondary N) is 4. The molecule has 83 heavy (non-hydrogen) atoms. The molecule has 19 nitrogen and oxygen atoms in total. The number of fused-ring (bicyclic) bond motifs is 4. The quantitative estimate of drug-likeness (QED) is 0.0364. The lowest BCUT2D eigenvalue weighted by Gasteiger charge is -2.18. The Hall–Kier alpha value is -9.78. The minimum absolute atomic E-state index is 0.0213. The molecular formula is C64H65N9O10. The number of pyridine rings is 4. The fourth-order valence-electron chi connectivity index (χ4n) is 8.93. The number of anilines is 3. The van der Waals surface area contributed by atoms with Crippen molar-refractivity contribution in [2.45, 2.75) is 68.4 Å². The molecule has 0 bridgehead atoms. The van der Waals surface area contributed by atoms with Crippen LogP contribution >= 0.6 is 0 Å². The average molecular weight is 1120 g/mol. The topological polar surface area (TPSA) is 248 Å². The van der Waals surface area contributed by atoms with Gasteiger partial charge in [-0.2, -0.15) is 0 Å². The summed E-state index contributed by atoms with van der Waals surface area (Å²) in [5.41, 5.74) is 1.81. The summed E-state index contributed by atoms with van der Waals surface area (Å²) in [6, 6.07) is 35.3. The number of para-hydroxylation sites is 4. The lowest BCUT2D eigenvalue weighted by molar-refractivity contribution is -0.383. The van der Waals surface area contributed by atoms with E-state index in [0.29, 0.717) is 57.5 Å². The molecule has 426 valence electrons. The number of nitro groups is 1. The maximum absolute atomic E-state index is 14.7. The van der Waals surface area contributed by atoms with Crippen molar-refractivity contribution in [1.29, 1.82) is 0 Å². The Bertz CT molecular complexity index is 3940. The van der Waals surface area contributed by atoms with Gasteiger partial charge in [0.05, 0.1) is 71.0 Å². The molecule has 0 fully saturated rings. The van der Waals surface area contributed by atoms with Crippen molar-refractivity contribution in [3.05, 3.63) is 166 Å². The second-order valence-corrected chi connectivity index (χ2v) is 21.8. The zero-order valence-electron chi connectivity index (χ0n) is 47.7. The lowest BCUT2D eigenvalue weighted by atomic mass is 10.1. The van der Waals surface area contributed by atoms with Gasteiger partial charge >= 0.3 is 0 Å². The molecule has 19 heteroatoms. The Morgan fingerprint density at radius 1 is 0.422 bits per heavy atom. The van der Waals surface area contributed by atoms with Gasteiger partial charge in [-0.3, -0.25) is 29.3 Å². The van der Waals surface area contributed by atoms with Gasteiger partial charge in [0.1, 0.15) is 45.8 Å². The summed E-state index contributed by atoms with van der Waals surface area (Å²) in [6.45, 7) is 19.0. The molecule has 5 aromatic carbocycles. The van der Waals surface area contributed by atoms with Crippen molar-refractivity contribution in [3.63, 3.8) is 0 Å². The normalized spacial score (nSPS) is 11.8. The molecule has 0 aliphatic carbocycles. The van der Waals surface area contributed by atoms with Crippen molar-refractivity contribution in [1.82, 2.24) is 25.3 Å². The van der Waals surface area contributed by atoms with Crippen LogP contribution in [0.3, 0.4) is 0 Å². The number of carbonyl (C=O) groups is 4. The van der Waals surface area contributed by atoms with Crippen LogP contribution in [0.25, 0.3) is 43.6 Å². The molecule has 1 atom stereocenters. The number of ether oxygens (including phenoxy) is 4. The van der Waals surface area contributed by atoms with Crippen molar-refractivity contribution in [3.8, 4) is 23.0 Å². The second kappa shape index (κ2) is 25.3. The van der Waals surface area contributed by atoms with Crippen LogP contribution in [0, 0.1) is 33.8 Å². The van der Waals surface area contributed by atoms with Gasteiger partial charge in [0.25, 0.3) is 29.3 Å². The van der Waals surface area contributed by atoms with Gasteiger partial charge in [-0.05, 0) is 78.6 Å². The molecule has 4 heterocycles. The number of nitrogens with zero attached hydrogens (tertiary/aromatic N) is 5. The van der Waals surface area contributed by atoms with E-state index in [2.05, 4.69) is 26.3 Å². The molecule has 0 unspecified atom stereocenters. The van der Waals surface area contributed by atoms with Crippen LogP contribution in [0.2, 0.25) is 0 Å². The van der Waals surface area contributed by atoms with Gasteiger partial charge in [0, 0.05) is 51.9 Å². The Balaban J connectivity index is 1.07. The van der Waals surface area contributed by atoms with Crippen molar-refractivity contribution in [2.75, 3.05) is 42.4 Å². The minimum Gasteiger partial charge on any atom is -0.493 e. The summed E-state index contributed by atoms with van der Waals surface area (Å²) in [5.74, 6) is -0.702. The number of amides is 4. The molecule has 4 N–H and O–H groups in total. The smallest absolute Gasteiger partial charge is 0.295 e. The number of non-ortho nitro benzene ring substituents is 1. The molecule has 0 aliphatic heterocycles. The van der Waals surface area contributed by atoms with Gasteiger partial charge in [-0.1, -0.05) is 110 Å². The van der Waals surface area contributed by atoms with Gasteiger partial charge < -0.3 is 40.2 Å². The third kappa shape index (κ3) is 13.5. The van der Waals surface area contributed by atoms with E-state index in [0.717, 1.165) is 5.56 Å². The fourth-order valence-corrected chi connectivity index (χ4v) is 8.93. The highest BCUT2D eigenvalue weighted by molar-refractivity contribution is 6.14. The van der Waals surface area contributed by atoms with Crippen LogP contribution in [-0.2, 0) is 0 Å². The van der Waals surface area contributed by atoms with Crippen molar-refractivity contribution >= 4 is 90.0 Å². The third-order valence-corrected chi connectivity index (χ3v) is 13.0. The first-order valence-electron chi connectivity index (χ1n) is 27.5. The van der Waals surface area contributed by atoms with Crippen LogP contribution in [-0.4, -0.2) is 74.9 Å². The van der Waals surface area contributed by atoms with E-state index in [1.54, 1.807) is 66.7 Å². The van der Waals surface area contributed by atoms with E-state index in [-0.39, 0.29) is 111 Å². The number of hydrogen-bond donors (Lipinski definition) is 4. The number of hydrogen-bond acceptors (Lipinski definition) is 14. The first kappa shape index (κ1) is 57.9. The maximum atomic E-state index is 14.7. The van der Waals surface area contributed by atoms with Crippen molar-refractivity contribution < 1.29 is 43.0 Å². The molecule has 9 aromatic rings. The number of benzene rings is 5. The monoisotopic (exact) mass is 1120 g/mol. The highest BCUT2D eigenvalue weighted by atomic mass is 16.6. The van der Waals surface area contributed by atoms with Gasteiger partial charge in [0.2, 0.25) is 0 Å². The first-order valence-corrected chi connectivity index (χ1v) is 27.5. The zero-order chi connectivity index (χ0) is 59.1. The molecule has 9 rings (SSSR count). The van der Waals surface area contributed by atoms with Crippen molar-refractivity contribution in [2.24, 2.45) is 23.7 Å². The summed E-state index contributed by atoms with van der Waals surface area (Å²) in [4.78, 5) is 88.1. The van der Waals surface area contributed by atoms with E-state index in [9.17, 15) is 29.3 Å². The highest BCUT2D eigenvalue weighted by Gasteiger charge is 2.25. The number of rotatable bonds is 22. The van der Waals surface area contributed by atoms with E-state index in [1.807, 2.05) is 98.7 Å². The maximum Gasteiger partial charge on any atom is 0.295 e. The summed E-state index contributed by atoms with van der Waals surface area (Å²) in [6.07, 6.45) is 0. The largest absolute Gasteiger partial charge is 0.493 e. The zero-order valence-corrected chi connectivity index (χ0v) is 47.7. The second-order valence-electron chi connectivity index (χ2n) is 21.8. The van der Waals surface area contributed by atoms with Crippen LogP contribution in [0.15, 0.2) is 127 Å². The minimum atomic E-state index is -0.719. The van der Waals surface area contributed by atoms with Gasteiger partial charge in [0.15, 0.2) is 5.52 Å². The summed E-state index contributed by atoms with van der Waals surface area (Å²) >= 11 is 0. The lowest BCUT2D eigenvalue weighted by Crippen LogP contribution is -2.27. The summed E-state index contributed by atoms with van der Waals surface area (Å²) in [7, 11) is 0. The fraction of sp³-hybridized carbons (Fsp3) is 0.281. The van der Waals surface area contributed by atoms with Crippen LogP contribution in [0.5, 0.6) is 23.0 Å². The third-order valence-electron chi connectivity index (χ3n) is 13.0. The van der Waals surface area contributed by atoms with Crippen LogP contribution in [0.4, 0.5) is 22.7 Å². The van der Waals surface area contributed by atoms with Crippen LogP contribution < -0.4 is 40.2 Å². The standard InChI is InChI=1S/C64H65N9O10/c1-35(2)31-80-53-27-48(61(74)65-39(9)40-17-11-10-12-18-40)66-57-41(53)19-13-23-45(57)70-62(75)49-28-54(81-32-36(3)4)42-20-14-24-46(58(42)67-49)71-63(76)50-29-55(82-33-37(5)6)43-21-15-25-47(59(43)68-50)72-64(77)51-30-56(83-34-38(7)8)44-22-16-26-52(73(78)79)60(44)69-51/h10-30,35-39H,31-34H2,1-9H3,(H,65,74)(H,70,75)(H,71,76)(H,72,77)/t39-/m1/s1.